The summed E-state index contributed by atoms with van der Waals surface area (Å²) < 4.78 is 81.3. The molecule has 0 amide bonds. The van der Waals surface area contributed by atoms with Crippen LogP contribution in [0.4, 0.5) is 10.2 Å². The summed E-state index contributed by atoms with van der Waals surface area (Å²) in [6, 6.07) is 0. The number of aliphatic hydroxyl groups is 1. The van der Waals surface area contributed by atoms with E-state index in [9.17, 15) is 43.4 Å². The Hall–Kier alpha value is -3.81. The van der Waals surface area contributed by atoms with Crippen molar-refractivity contribution in [2.24, 2.45) is 0 Å². The van der Waals surface area contributed by atoms with Crippen LogP contribution in [0, 0.1) is 0 Å². The minimum atomic E-state index is -5.80. The fourth-order valence-electron chi connectivity index (χ4n) is 4.96. The molecule has 1 aliphatic rings. The van der Waals surface area contributed by atoms with E-state index < -0.39 is 120 Å². The van der Waals surface area contributed by atoms with Crippen LogP contribution in [0.3, 0.4) is 0 Å². The third-order valence-corrected chi connectivity index (χ3v) is 10.6. The van der Waals surface area contributed by atoms with Gasteiger partial charge in [0.2, 0.25) is 6.29 Å². The number of hydrogen-bond acceptors (Lipinski definition) is 22. The summed E-state index contributed by atoms with van der Waals surface area (Å²) in [5.41, 5.74) is 5.98. The van der Waals surface area contributed by atoms with Crippen LogP contribution in [-0.4, -0.2) is 133 Å². The first kappa shape index (κ1) is 46.6. The van der Waals surface area contributed by atoms with Gasteiger partial charge < -0.3 is 58.3 Å². The standard InChI is InChI=1S/C28H40FN5O19P2S/c1-12(47-15(4)37)24(19(48-16(5)38)7-44-13(2)35)51-28(20(49-17(6)39)8-45-14(3)36)52-54(41,42)53-55(43,56)46-9-18-21(29)23(40)27(50-18)34-11-33-22-25(30)31-10-32-26(22)34/h10-12,18-21,23-24,27-28,40H,7-9H2,1-6H3,(H,41,42)(H,43,56)(H2,30,31,32)/t12-,18?,19+,20+,21?,23?,24?,27?,28?,55?/m0/s1. The number of imidazole rings is 1. The molecule has 1 aliphatic heterocycles. The minimum Gasteiger partial charge on any atom is -0.462 e. The van der Waals surface area contributed by atoms with Crippen molar-refractivity contribution in [2.45, 2.75) is 96.9 Å². The first-order valence-electron chi connectivity index (χ1n) is 16.0. The molecule has 28 heteroatoms. The molecule has 0 bridgehead atoms. The highest BCUT2D eigenvalue weighted by Gasteiger charge is 2.48. The zero-order chi connectivity index (χ0) is 42.1. The van der Waals surface area contributed by atoms with Crippen LogP contribution in [0.2, 0.25) is 0 Å². The molecule has 0 aromatic carbocycles. The van der Waals surface area contributed by atoms with E-state index in [0.717, 1.165) is 51.8 Å². The number of aliphatic hydroxyl groups excluding tert-OH is 1. The Labute approximate surface area is 321 Å². The lowest BCUT2D eigenvalue weighted by Gasteiger charge is -2.35. The topological polar surface area (TPSA) is 325 Å². The normalized spacial score (nSPS) is 23.0. The van der Waals surface area contributed by atoms with Gasteiger partial charge in [-0.3, -0.25) is 33.1 Å². The van der Waals surface area contributed by atoms with Crippen molar-refractivity contribution in [3.05, 3.63) is 12.7 Å². The second-order valence-corrected chi connectivity index (χ2v) is 16.1. The first-order chi connectivity index (χ1) is 26.0. The van der Waals surface area contributed by atoms with Gasteiger partial charge >= 0.3 is 44.4 Å². The van der Waals surface area contributed by atoms with Gasteiger partial charge in [0.05, 0.1) is 12.9 Å². The molecule has 0 radical (unpaired) electrons. The van der Waals surface area contributed by atoms with Crippen molar-refractivity contribution in [3.8, 4) is 0 Å². The molecule has 11 atom stereocenters. The molecule has 56 heavy (non-hydrogen) atoms. The van der Waals surface area contributed by atoms with Gasteiger partial charge in [0.25, 0.3) is 0 Å². The highest BCUT2D eigenvalue weighted by atomic mass is 32.5. The summed E-state index contributed by atoms with van der Waals surface area (Å²) in [5, 5.41) is 10.6. The van der Waals surface area contributed by atoms with E-state index in [4.69, 9.17) is 64.1 Å². The summed E-state index contributed by atoms with van der Waals surface area (Å²) in [5.74, 6) is -4.75. The SMILES string of the molecule is CC(=O)OC[C@@H](OC(C)=O)C(OC([C@H](C)OC(C)=O)[C@@H](COC(C)=O)OC(C)=O)OP(=O)(O)OP(O)(=S)OCC1OC(n2cnc3c(N)ncnc32)C(O)C1F. The largest absolute Gasteiger partial charge is 0.481 e. The quantitative estimate of drug-likeness (QED) is 0.0590. The van der Waals surface area contributed by atoms with Crippen molar-refractivity contribution in [1.82, 2.24) is 19.5 Å². The van der Waals surface area contributed by atoms with Crippen LogP contribution in [-0.2, 0) is 86.9 Å². The van der Waals surface area contributed by atoms with Crippen LogP contribution in [0.15, 0.2) is 12.7 Å². The smallest absolute Gasteiger partial charge is 0.462 e. The third-order valence-electron chi connectivity index (χ3n) is 7.11. The van der Waals surface area contributed by atoms with Gasteiger partial charge in [-0.2, -0.15) is 0 Å². The molecule has 3 rings (SSSR count). The van der Waals surface area contributed by atoms with E-state index in [-0.39, 0.29) is 17.0 Å². The number of hydrogen-bond donors (Lipinski definition) is 4. The first-order valence-corrected chi connectivity index (χ1v) is 20.1. The number of aromatic nitrogens is 4. The van der Waals surface area contributed by atoms with Gasteiger partial charge in [-0.25, -0.2) is 28.2 Å². The minimum absolute atomic E-state index is 0.00878. The molecule has 5 N–H and O–H groups in total. The zero-order valence-electron chi connectivity index (χ0n) is 30.4. The predicted octanol–water partition coefficient (Wildman–Crippen LogP) is 0.0244. The molecule has 0 aliphatic carbocycles. The number of halogens is 1. The number of alkyl halides is 1. The summed E-state index contributed by atoms with van der Waals surface area (Å²) >= 11 is 4.84. The lowest BCUT2D eigenvalue weighted by molar-refractivity contribution is -0.242. The molecular weight excluding hydrogens is 823 g/mol. The zero-order valence-corrected chi connectivity index (χ0v) is 33.0. The summed E-state index contributed by atoms with van der Waals surface area (Å²) in [6.45, 7) is -1.57. The molecule has 0 saturated carbocycles. The number of nitrogens with zero attached hydrogens (tertiary/aromatic N) is 4. The molecule has 2 aromatic heterocycles. The lowest BCUT2D eigenvalue weighted by Crippen LogP contribution is -2.50. The molecule has 2 aromatic rings. The number of anilines is 1. The Morgan fingerprint density at radius 3 is 2.09 bits per heavy atom. The van der Waals surface area contributed by atoms with Crippen molar-refractivity contribution in [2.75, 3.05) is 25.6 Å². The number of carbonyl (C=O) groups is 5. The summed E-state index contributed by atoms with van der Waals surface area (Å²) in [6.07, 6.45) is -14.2. The number of carbonyl (C=O) groups excluding carboxylic acids is 5. The van der Waals surface area contributed by atoms with Crippen LogP contribution in [0.1, 0.15) is 47.8 Å². The lowest BCUT2D eigenvalue weighted by atomic mass is 10.1. The molecule has 3 heterocycles. The summed E-state index contributed by atoms with van der Waals surface area (Å²) in [4.78, 5) is 92.7. The van der Waals surface area contributed by atoms with Crippen molar-refractivity contribution >= 4 is 73.2 Å². The number of ether oxygens (including phenoxy) is 7. The number of nitrogens with two attached hydrogens (primary N) is 1. The Morgan fingerprint density at radius 1 is 0.946 bits per heavy atom. The van der Waals surface area contributed by atoms with Crippen LogP contribution >= 0.6 is 14.5 Å². The number of fused-ring (bicyclic) bond motifs is 1. The molecule has 1 fully saturated rings. The van der Waals surface area contributed by atoms with Gasteiger partial charge in [-0.1, -0.05) is 0 Å². The Balaban J connectivity index is 1.88. The van der Waals surface area contributed by atoms with Crippen molar-refractivity contribution in [3.63, 3.8) is 0 Å². The second kappa shape index (κ2) is 20.1. The van der Waals surface area contributed by atoms with Gasteiger partial charge in [0.15, 0.2) is 36.1 Å². The van der Waals surface area contributed by atoms with Crippen LogP contribution in [0.5, 0.6) is 0 Å². The number of phosphoric ester groups is 1. The van der Waals surface area contributed by atoms with Gasteiger partial charge in [0.1, 0.15) is 49.5 Å². The van der Waals surface area contributed by atoms with Gasteiger partial charge in [-0.05, 0) is 18.7 Å². The maximum Gasteiger partial charge on any atom is 0.481 e. The van der Waals surface area contributed by atoms with E-state index in [2.05, 4.69) is 15.0 Å². The molecular formula is C28H40FN5O19P2S. The van der Waals surface area contributed by atoms with E-state index in [1.54, 1.807) is 0 Å². The Kier molecular flexibility index (Phi) is 16.7. The fraction of sp³-hybridized carbons (Fsp3) is 0.643. The highest BCUT2D eigenvalue weighted by Crippen LogP contribution is 2.61. The highest BCUT2D eigenvalue weighted by molar-refractivity contribution is 8.08. The van der Waals surface area contributed by atoms with E-state index in [1.807, 2.05) is 0 Å². The van der Waals surface area contributed by atoms with E-state index in [1.165, 1.54) is 6.92 Å². The van der Waals surface area contributed by atoms with Crippen LogP contribution < -0.4 is 5.73 Å². The average molecular weight is 864 g/mol. The average Bonchev–Trinajstić information content (AvgIpc) is 3.61. The monoisotopic (exact) mass is 863 g/mol. The Morgan fingerprint density at radius 2 is 1.52 bits per heavy atom. The van der Waals surface area contributed by atoms with E-state index in [0.29, 0.717) is 0 Å². The molecule has 0 spiro atoms. The molecule has 1 saturated heterocycles. The molecule has 8 unspecified atom stereocenters. The maximum absolute atomic E-state index is 15.2. The Bertz CT molecular complexity index is 1840. The molecule has 24 nitrogen and oxygen atoms in total. The maximum atomic E-state index is 15.2. The van der Waals surface area contributed by atoms with Gasteiger partial charge in [0, 0.05) is 34.6 Å². The third kappa shape index (κ3) is 13.7. The van der Waals surface area contributed by atoms with Crippen LogP contribution in [0.25, 0.3) is 11.2 Å². The predicted molar refractivity (Wildman–Crippen MR) is 183 cm³/mol. The van der Waals surface area contributed by atoms with Gasteiger partial charge in [-0.15, -0.1) is 0 Å². The summed E-state index contributed by atoms with van der Waals surface area (Å²) in [7, 11) is -5.80. The second-order valence-electron chi connectivity index (χ2n) is 11.7. The van der Waals surface area contributed by atoms with E-state index >= 15 is 4.39 Å². The fourth-order valence-corrected chi connectivity index (χ4v) is 8.07. The number of rotatable bonds is 20. The number of esters is 5. The number of phosphoric acid groups is 1. The molecule has 314 valence electrons. The van der Waals surface area contributed by atoms with Crippen molar-refractivity contribution < 1.29 is 94.3 Å². The van der Waals surface area contributed by atoms with Crippen molar-refractivity contribution in [1.29, 1.82) is 0 Å². The number of nitrogen functional groups attached to an aromatic ring is 1.